The maximum Gasteiger partial charge on any atom is 0.220 e. The van der Waals surface area contributed by atoms with Gasteiger partial charge in [-0.25, -0.2) is 0 Å². The van der Waals surface area contributed by atoms with Crippen LogP contribution in [0.5, 0.6) is 0 Å². The number of nitrogens with one attached hydrogen (secondary N) is 1. The van der Waals surface area contributed by atoms with Gasteiger partial charge in [-0.3, -0.25) is 4.79 Å². The van der Waals surface area contributed by atoms with Crippen LogP contribution in [0.1, 0.15) is 30.9 Å². The van der Waals surface area contributed by atoms with Crippen LogP contribution in [0.25, 0.3) is 0 Å². The van der Waals surface area contributed by atoms with E-state index in [9.17, 15) is 4.79 Å². The summed E-state index contributed by atoms with van der Waals surface area (Å²) in [6, 6.07) is 8.08. The lowest BCUT2D eigenvalue weighted by Crippen LogP contribution is -2.34. The summed E-state index contributed by atoms with van der Waals surface area (Å²) in [7, 11) is 0. The zero-order valence-electron chi connectivity index (χ0n) is 10.6. The van der Waals surface area contributed by atoms with Crippen molar-refractivity contribution >= 4 is 5.91 Å². The Hall–Kier alpha value is -1.35. The molecule has 0 spiro atoms. The van der Waals surface area contributed by atoms with Crippen LogP contribution in [0.15, 0.2) is 24.3 Å². The Morgan fingerprint density at radius 2 is 2.12 bits per heavy atom. The molecule has 1 rings (SSSR count). The SMILES string of the molecule is Cc1ccccc1CCCC(=O)NC(C)CO. The Bertz CT molecular complexity index is 363. The second-order valence-corrected chi connectivity index (χ2v) is 4.43. The van der Waals surface area contributed by atoms with Gasteiger partial charge in [-0.2, -0.15) is 0 Å². The maximum atomic E-state index is 11.5. The average molecular weight is 235 g/mol. The van der Waals surface area contributed by atoms with Crippen molar-refractivity contribution in [3.05, 3.63) is 35.4 Å². The van der Waals surface area contributed by atoms with Gasteiger partial charge >= 0.3 is 0 Å². The second kappa shape index (κ2) is 7.07. The van der Waals surface area contributed by atoms with Gasteiger partial charge in [0.25, 0.3) is 0 Å². The third kappa shape index (κ3) is 5.00. The smallest absolute Gasteiger partial charge is 0.220 e. The van der Waals surface area contributed by atoms with E-state index in [2.05, 4.69) is 24.4 Å². The number of benzene rings is 1. The minimum absolute atomic E-state index is 0.0104. The highest BCUT2D eigenvalue weighted by molar-refractivity contribution is 5.76. The summed E-state index contributed by atoms with van der Waals surface area (Å²) >= 11 is 0. The minimum Gasteiger partial charge on any atom is -0.394 e. The van der Waals surface area contributed by atoms with Crippen molar-refractivity contribution in [1.82, 2.24) is 5.32 Å². The van der Waals surface area contributed by atoms with Crippen LogP contribution in [0.2, 0.25) is 0 Å². The monoisotopic (exact) mass is 235 g/mol. The number of aryl methyl sites for hydroxylation is 2. The highest BCUT2D eigenvalue weighted by atomic mass is 16.3. The molecular formula is C14H21NO2. The van der Waals surface area contributed by atoms with Crippen molar-refractivity contribution in [3.8, 4) is 0 Å². The lowest BCUT2D eigenvalue weighted by atomic mass is 10.0. The van der Waals surface area contributed by atoms with Gasteiger partial charge in [0.1, 0.15) is 0 Å². The zero-order valence-corrected chi connectivity index (χ0v) is 10.6. The molecule has 0 aliphatic carbocycles. The molecule has 1 aromatic rings. The molecule has 0 saturated heterocycles. The van der Waals surface area contributed by atoms with E-state index in [0.717, 1.165) is 12.8 Å². The first-order valence-corrected chi connectivity index (χ1v) is 6.08. The zero-order chi connectivity index (χ0) is 12.7. The first kappa shape index (κ1) is 13.7. The standard InChI is InChI=1S/C14H21NO2/c1-11-6-3-4-7-13(11)8-5-9-14(17)15-12(2)10-16/h3-4,6-7,12,16H,5,8-10H2,1-2H3,(H,15,17). The minimum atomic E-state index is -0.152. The first-order valence-electron chi connectivity index (χ1n) is 6.08. The number of carbonyl (C=O) groups is 1. The van der Waals surface area contributed by atoms with Crippen LogP contribution >= 0.6 is 0 Å². The number of aliphatic hydroxyl groups is 1. The first-order chi connectivity index (χ1) is 8.13. The highest BCUT2D eigenvalue weighted by Gasteiger charge is 2.06. The molecule has 3 heteroatoms. The molecule has 0 bridgehead atoms. The number of hydrogen-bond donors (Lipinski definition) is 2. The largest absolute Gasteiger partial charge is 0.394 e. The predicted octanol–water partition coefficient (Wildman–Crippen LogP) is 1.81. The summed E-state index contributed by atoms with van der Waals surface area (Å²) in [6.45, 7) is 3.87. The van der Waals surface area contributed by atoms with Gasteiger partial charge in [0, 0.05) is 12.5 Å². The van der Waals surface area contributed by atoms with Crippen molar-refractivity contribution in [3.63, 3.8) is 0 Å². The summed E-state index contributed by atoms with van der Waals surface area (Å²) in [4.78, 5) is 11.5. The van der Waals surface area contributed by atoms with Gasteiger partial charge in [-0.15, -0.1) is 0 Å². The van der Waals surface area contributed by atoms with Crippen molar-refractivity contribution in [1.29, 1.82) is 0 Å². The summed E-state index contributed by atoms with van der Waals surface area (Å²) in [5, 5.41) is 11.6. The van der Waals surface area contributed by atoms with Crippen LogP contribution in [-0.2, 0) is 11.2 Å². The van der Waals surface area contributed by atoms with E-state index in [1.807, 2.05) is 12.1 Å². The molecule has 0 saturated carbocycles. The van der Waals surface area contributed by atoms with Crippen LogP contribution in [0.4, 0.5) is 0 Å². The Kier molecular flexibility index (Phi) is 5.70. The lowest BCUT2D eigenvalue weighted by molar-refractivity contribution is -0.122. The van der Waals surface area contributed by atoms with Crippen LogP contribution in [-0.4, -0.2) is 23.7 Å². The molecule has 0 aromatic heterocycles. The number of hydrogen-bond acceptors (Lipinski definition) is 2. The number of rotatable bonds is 6. The fourth-order valence-corrected chi connectivity index (χ4v) is 1.72. The summed E-state index contributed by atoms with van der Waals surface area (Å²) < 4.78 is 0. The van der Waals surface area contributed by atoms with Gasteiger partial charge in [-0.05, 0) is 37.8 Å². The van der Waals surface area contributed by atoms with Gasteiger partial charge in [0.15, 0.2) is 0 Å². The van der Waals surface area contributed by atoms with Crippen molar-refractivity contribution in [2.75, 3.05) is 6.61 Å². The van der Waals surface area contributed by atoms with Crippen molar-refractivity contribution in [2.24, 2.45) is 0 Å². The molecule has 1 amide bonds. The third-order valence-electron chi connectivity index (χ3n) is 2.79. The molecule has 17 heavy (non-hydrogen) atoms. The molecule has 0 aliphatic heterocycles. The number of carbonyl (C=O) groups excluding carboxylic acids is 1. The average Bonchev–Trinajstić information content (AvgIpc) is 2.31. The predicted molar refractivity (Wildman–Crippen MR) is 68.8 cm³/mol. The van der Waals surface area contributed by atoms with E-state index in [1.165, 1.54) is 11.1 Å². The van der Waals surface area contributed by atoms with E-state index in [1.54, 1.807) is 6.92 Å². The Balaban J connectivity index is 2.29. The molecule has 94 valence electrons. The van der Waals surface area contributed by atoms with Crippen molar-refractivity contribution < 1.29 is 9.90 Å². The maximum absolute atomic E-state index is 11.5. The van der Waals surface area contributed by atoms with Crippen LogP contribution in [0, 0.1) is 6.92 Å². The van der Waals surface area contributed by atoms with Crippen LogP contribution < -0.4 is 5.32 Å². The lowest BCUT2D eigenvalue weighted by Gasteiger charge is -2.10. The Morgan fingerprint density at radius 3 is 2.76 bits per heavy atom. The molecule has 0 radical (unpaired) electrons. The molecule has 1 aromatic carbocycles. The molecule has 3 nitrogen and oxygen atoms in total. The Labute approximate surface area is 103 Å². The van der Waals surface area contributed by atoms with Gasteiger partial charge in [0.05, 0.1) is 6.61 Å². The molecule has 0 fully saturated rings. The number of aliphatic hydroxyl groups excluding tert-OH is 1. The second-order valence-electron chi connectivity index (χ2n) is 4.43. The van der Waals surface area contributed by atoms with E-state index < -0.39 is 0 Å². The van der Waals surface area contributed by atoms with Crippen molar-refractivity contribution in [2.45, 2.75) is 39.2 Å². The van der Waals surface area contributed by atoms with E-state index in [4.69, 9.17) is 5.11 Å². The molecule has 2 N–H and O–H groups in total. The fraction of sp³-hybridized carbons (Fsp3) is 0.500. The molecule has 1 unspecified atom stereocenters. The van der Waals surface area contributed by atoms with E-state index >= 15 is 0 Å². The topological polar surface area (TPSA) is 49.3 Å². The Morgan fingerprint density at radius 1 is 1.41 bits per heavy atom. The molecule has 1 atom stereocenters. The van der Waals surface area contributed by atoms with Gasteiger partial charge in [0.2, 0.25) is 5.91 Å². The molecular weight excluding hydrogens is 214 g/mol. The van der Waals surface area contributed by atoms with Gasteiger partial charge in [-0.1, -0.05) is 24.3 Å². The fourth-order valence-electron chi connectivity index (χ4n) is 1.72. The third-order valence-corrected chi connectivity index (χ3v) is 2.79. The summed E-state index contributed by atoms with van der Waals surface area (Å²) in [6.07, 6.45) is 2.28. The quantitative estimate of drug-likeness (QED) is 0.790. The molecule has 0 heterocycles. The van der Waals surface area contributed by atoms with Gasteiger partial charge < -0.3 is 10.4 Å². The van der Waals surface area contributed by atoms with E-state index in [0.29, 0.717) is 6.42 Å². The van der Waals surface area contributed by atoms with Crippen LogP contribution in [0.3, 0.4) is 0 Å². The summed E-state index contributed by atoms with van der Waals surface area (Å²) in [5.74, 6) is 0.0140. The molecule has 0 aliphatic rings. The van der Waals surface area contributed by atoms with E-state index in [-0.39, 0.29) is 18.6 Å². The highest BCUT2D eigenvalue weighted by Crippen LogP contribution is 2.10. The summed E-state index contributed by atoms with van der Waals surface area (Å²) in [5.41, 5.74) is 2.58. The number of amides is 1. The normalized spacial score (nSPS) is 12.2.